The first-order valence-corrected chi connectivity index (χ1v) is 6.72. The predicted octanol–water partition coefficient (Wildman–Crippen LogP) is 2.44. The van der Waals surface area contributed by atoms with Gasteiger partial charge in [0.1, 0.15) is 11.8 Å². The van der Waals surface area contributed by atoms with Crippen LogP contribution in [0.2, 0.25) is 0 Å². The zero-order chi connectivity index (χ0) is 13.8. The van der Waals surface area contributed by atoms with E-state index in [1.54, 1.807) is 7.11 Å². The fourth-order valence-corrected chi connectivity index (χ4v) is 2.71. The molecule has 1 aliphatic heterocycles. The highest BCUT2D eigenvalue weighted by atomic mass is 16.5. The molecule has 4 heteroatoms. The summed E-state index contributed by atoms with van der Waals surface area (Å²) < 4.78 is 5.36. The molecular formula is C15H21NO3. The lowest BCUT2D eigenvalue weighted by Gasteiger charge is -2.33. The Hall–Kier alpha value is -1.55. The number of benzene rings is 1. The third-order valence-corrected chi connectivity index (χ3v) is 3.71. The molecule has 0 radical (unpaired) electrons. The zero-order valence-corrected chi connectivity index (χ0v) is 11.6. The van der Waals surface area contributed by atoms with Gasteiger partial charge in [-0.15, -0.1) is 0 Å². The lowest BCUT2D eigenvalue weighted by molar-refractivity contribution is -0.144. The summed E-state index contributed by atoms with van der Waals surface area (Å²) in [6.45, 7) is 3.52. The molecular weight excluding hydrogens is 242 g/mol. The normalized spacial score (nSPS) is 20.2. The van der Waals surface area contributed by atoms with E-state index >= 15 is 0 Å². The molecule has 1 N–H and O–H groups in total. The molecule has 1 aromatic rings. The monoisotopic (exact) mass is 263 g/mol. The van der Waals surface area contributed by atoms with Crippen molar-refractivity contribution in [3.05, 3.63) is 29.3 Å². The average Bonchev–Trinajstić information content (AvgIpc) is 2.39. The Labute approximate surface area is 114 Å². The van der Waals surface area contributed by atoms with Crippen LogP contribution in [0, 0.1) is 6.92 Å². The molecule has 4 nitrogen and oxygen atoms in total. The SMILES string of the molecule is COc1ccc(C)cc1CN1CCCCC1C(=O)O. The second-order valence-corrected chi connectivity index (χ2v) is 5.14. The van der Waals surface area contributed by atoms with Crippen molar-refractivity contribution in [2.24, 2.45) is 0 Å². The second kappa shape index (κ2) is 6.06. The van der Waals surface area contributed by atoms with Gasteiger partial charge in [0, 0.05) is 12.1 Å². The summed E-state index contributed by atoms with van der Waals surface area (Å²) in [5, 5.41) is 9.29. The molecule has 1 fully saturated rings. The standard InChI is InChI=1S/C15H21NO3/c1-11-6-7-14(19-2)12(9-11)10-16-8-4-3-5-13(16)15(17)18/h6-7,9,13H,3-5,8,10H2,1-2H3,(H,17,18). The van der Waals surface area contributed by atoms with E-state index in [0.29, 0.717) is 6.54 Å². The Morgan fingerprint density at radius 1 is 1.47 bits per heavy atom. The lowest BCUT2D eigenvalue weighted by atomic mass is 10.0. The van der Waals surface area contributed by atoms with Gasteiger partial charge in [-0.05, 0) is 32.4 Å². The fraction of sp³-hybridized carbons (Fsp3) is 0.533. The maximum atomic E-state index is 11.3. The number of rotatable bonds is 4. The Morgan fingerprint density at radius 2 is 2.26 bits per heavy atom. The van der Waals surface area contributed by atoms with Crippen LogP contribution in [0.3, 0.4) is 0 Å². The molecule has 1 unspecified atom stereocenters. The van der Waals surface area contributed by atoms with Crippen LogP contribution in [0.25, 0.3) is 0 Å². The van der Waals surface area contributed by atoms with Gasteiger partial charge < -0.3 is 9.84 Å². The number of piperidine rings is 1. The van der Waals surface area contributed by atoms with Crippen LogP contribution in [0.1, 0.15) is 30.4 Å². The quantitative estimate of drug-likeness (QED) is 0.906. The van der Waals surface area contributed by atoms with E-state index in [0.717, 1.165) is 37.1 Å². The van der Waals surface area contributed by atoms with Crippen molar-refractivity contribution in [2.75, 3.05) is 13.7 Å². The van der Waals surface area contributed by atoms with Gasteiger partial charge in [0.15, 0.2) is 0 Å². The lowest BCUT2D eigenvalue weighted by Crippen LogP contribution is -2.44. The first-order chi connectivity index (χ1) is 9.11. The largest absolute Gasteiger partial charge is 0.496 e. The number of carbonyl (C=O) groups is 1. The van der Waals surface area contributed by atoms with Crippen molar-refractivity contribution >= 4 is 5.97 Å². The van der Waals surface area contributed by atoms with E-state index in [1.165, 1.54) is 5.56 Å². The molecule has 2 rings (SSSR count). The Kier molecular flexibility index (Phi) is 4.43. The minimum Gasteiger partial charge on any atom is -0.496 e. The smallest absolute Gasteiger partial charge is 0.320 e. The number of aryl methyl sites for hydroxylation is 1. The van der Waals surface area contributed by atoms with Crippen molar-refractivity contribution in [3.63, 3.8) is 0 Å². The Bertz CT molecular complexity index is 459. The van der Waals surface area contributed by atoms with Crippen molar-refractivity contribution < 1.29 is 14.6 Å². The van der Waals surface area contributed by atoms with Crippen molar-refractivity contribution in [3.8, 4) is 5.75 Å². The van der Waals surface area contributed by atoms with E-state index in [2.05, 4.69) is 6.07 Å². The summed E-state index contributed by atoms with van der Waals surface area (Å²) in [5.41, 5.74) is 2.23. The third kappa shape index (κ3) is 3.26. The first-order valence-electron chi connectivity index (χ1n) is 6.72. The molecule has 0 aromatic heterocycles. The minimum absolute atomic E-state index is 0.362. The molecule has 0 saturated carbocycles. The number of aliphatic carboxylic acids is 1. The van der Waals surface area contributed by atoms with E-state index in [-0.39, 0.29) is 6.04 Å². The van der Waals surface area contributed by atoms with Crippen LogP contribution in [-0.2, 0) is 11.3 Å². The Balaban J connectivity index is 2.18. The average molecular weight is 263 g/mol. The first kappa shape index (κ1) is 13.9. The zero-order valence-electron chi connectivity index (χ0n) is 11.6. The van der Waals surface area contributed by atoms with Crippen LogP contribution in [-0.4, -0.2) is 35.7 Å². The number of carboxylic acid groups (broad SMARTS) is 1. The van der Waals surface area contributed by atoms with Crippen molar-refractivity contribution in [1.82, 2.24) is 4.90 Å². The van der Waals surface area contributed by atoms with Crippen LogP contribution >= 0.6 is 0 Å². The summed E-state index contributed by atoms with van der Waals surface area (Å²) in [4.78, 5) is 13.3. The minimum atomic E-state index is -0.716. The number of hydrogen-bond acceptors (Lipinski definition) is 3. The molecule has 0 aliphatic carbocycles. The molecule has 19 heavy (non-hydrogen) atoms. The van der Waals surface area contributed by atoms with Gasteiger partial charge in [0.25, 0.3) is 0 Å². The number of nitrogens with zero attached hydrogens (tertiary/aromatic N) is 1. The van der Waals surface area contributed by atoms with Gasteiger partial charge in [0.2, 0.25) is 0 Å². The number of likely N-dealkylation sites (tertiary alicyclic amines) is 1. The predicted molar refractivity (Wildman–Crippen MR) is 73.4 cm³/mol. The molecule has 1 heterocycles. The van der Waals surface area contributed by atoms with Gasteiger partial charge in [-0.25, -0.2) is 0 Å². The summed E-state index contributed by atoms with van der Waals surface area (Å²) in [7, 11) is 1.65. The fourth-order valence-electron chi connectivity index (χ4n) is 2.71. The molecule has 104 valence electrons. The van der Waals surface area contributed by atoms with Gasteiger partial charge in [-0.1, -0.05) is 24.1 Å². The number of ether oxygens (including phenoxy) is 1. The van der Waals surface area contributed by atoms with Gasteiger partial charge in [-0.3, -0.25) is 9.69 Å². The van der Waals surface area contributed by atoms with Gasteiger partial charge in [-0.2, -0.15) is 0 Å². The highest BCUT2D eigenvalue weighted by Crippen LogP contribution is 2.25. The van der Waals surface area contributed by atoms with Crippen LogP contribution < -0.4 is 4.74 Å². The molecule has 1 aliphatic rings. The van der Waals surface area contributed by atoms with Gasteiger partial charge in [0.05, 0.1) is 7.11 Å². The number of methoxy groups -OCH3 is 1. The van der Waals surface area contributed by atoms with Gasteiger partial charge >= 0.3 is 5.97 Å². The summed E-state index contributed by atoms with van der Waals surface area (Å²) in [6, 6.07) is 5.67. The highest BCUT2D eigenvalue weighted by molar-refractivity contribution is 5.73. The molecule has 1 saturated heterocycles. The van der Waals surface area contributed by atoms with Crippen molar-refractivity contribution in [1.29, 1.82) is 0 Å². The number of carboxylic acids is 1. The van der Waals surface area contributed by atoms with Crippen LogP contribution in [0.5, 0.6) is 5.75 Å². The third-order valence-electron chi connectivity index (χ3n) is 3.71. The molecule has 1 aromatic carbocycles. The summed E-state index contributed by atoms with van der Waals surface area (Å²) in [5.74, 6) is 0.117. The van der Waals surface area contributed by atoms with E-state index < -0.39 is 5.97 Å². The molecule has 0 amide bonds. The molecule has 0 spiro atoms. The molecule has 1 atom stereocenters. The maximum Gasteiger partial charge on any atom is 0.320 e. The second-order valence-electron chi connectivity index (χ2n) is 5.14. The van der Waals surface area contributed by atoms with Crippen LogP contribution in [0.15, 0.2) is 18.2 Å². The Morgan fingerprint density at radius 3 is 2.95 bits per heavy atom. The van der Waals surface area contributed by atoms with E-state index in [9.17, 15) is 9.90 Å². The summed E-state index contributed by atoms with van der Waals surface area (Å²) >= 11 is 0. The van der Waals surface area contributed by atoms with E-state index in [4.69, 9.17) is 4.74 Å². The van der Waals surface area contributed by atoms with Crippen LogP contribution in [0.4, 0.5) is 0 Å². The number of hydrogen-bond donors (Lipinski definition) is 1. The maximum absolute atomic E-state index is 11.3. The van der Waals surface area contributed by atoms with E-state index in [1.807, 2.05) is 24.0 Å². The summed E-state index contributed by atoms with van der Waals surface area (Å²) in [6.07, 6.45) is 2.81. The highest BCUT2D eigenvalue weighted by Gasteiger charge is 2.28. The molecule has 0 bridgehead atoms. The van der Waals surface area contributed by atoms with Crippen molar-refractivity contribution in [2.45, 2.75) is 38.8 Å². The topological polar surface area (TPSA) is 49.8 Å².